The molecule has 1 aliphatic rings. The SMILES string of the molecule is CCC(=Cc1ccc2c(c1)OCCCO2)CNCC(C)C. The number of hydrogen-bond donors (Lipinski definition) is 1. The summed E-state index contributed by atoms with van der Waals surface area (Å²) >= 11 is 0. The Hall–Kier alpha value is -1.48. The lowest BCUT2D eigenvalue weighted by Gasteiger charge is -2.11. The highest BCUT2D eigenvalue weighted by molar-refractivity contribution is 5.58. The molecule has 0 saturated heterocycles. The van der Waals surface area contributed by atoms with E-state index in [1.807, 2.05) is 6.07 Å². The number of benzene rings is 1. The first-order valence-electron chi connectivity index (χ1n) is 7.99. The Bertz CT molecular complexity index is 480. The van der Waals surface area contributed by atoms with E-state index in [4.69, 9.17) is 9.47 Å². The van der Waals surface area contributed by atoms with Crippen molar-refractivity contribution in [3.05, 3.63) is 29.3 Å². The molecule has 0 radical (unpaired) electrons. The lowest BCUT2D eigenvalue weighted by Crippen LogP contribution is -2.21. The van der Waals surface area contributed by atoms with Crippen LogP contribution in [-0.2, 0) is 0 Å². The van der Waals surface area contributed by atoms with E-state index < -0.39 is 0 Å². The average molecular weight is 289 g/mol. The first-order valence-corrected chi connectivity index (χ1v) is 7.99. The second-order valence-electron chi connectivity index (χ2n) is 5.94. The Morgan fingerprint density at radius 2 is 2.00 bits per heavy atom. The maximum atomic E-state index is 5.75. The normalized spacial score (nSPS) is 15.1. The van der Waals surface area contributed by atoms with Gasteiger partial charge in [-0.05, 0) is 36.6 Å². The van der Waals surface area contributed by atoms with Crippen LogP contribution in [0.3, 0.4) is 0 Å². The molecule has 0 aliphatic carbocycles. The molecule has 0 spiro atoms. The van der Waals surface area contributed by atoms with E-state index in [-0.39, 0.29) is 0 Å². The third kappa shape index (κ3) is 5.09. The number of fused-ring (bicyclic) bond motifs is 1. The fraction of sp³-hybridized carbons (Fsp3) is 0.556. The zero-order valence-electron chi connectivity index (χ0n) is 13.4. The minimum atomic E-state index is 0.682. The molecule has 21 heavy (non-hydrogen) atoms. The molecule has 1 aromatic rings. The zero-order valence-corrected chi connectivity index (χ0v) is 13.4. The predicted molar refractivity (Wildman–Crippen MR) is 88.0 cm³/mol. The Morgan fingerprint density at radius 3 is 2.71 bits per heavy atom. The van der Waals surface area contributed by atoms with Crippen LogP contribution in [0.4, 0.5) is 0 Å². The number of nitrogens with one attached hydrogen (secondary N) is 1. The lowest BCUT2D eigenvalue weighted by molar-refractivity contribution is 0.297. The summed E-state index contributed by atoms with van der Waals surface area (Å²) in [6.45, 7) is 10.1. The van der Waals surface area contributed by atoms with Crippen LogP contribution in [0.1, 0.15) is 39.2 Å². The largest absolute Gasteiger partial charge is 0.490 e. The molecule has 0 bridgehead atoms. The second kappa shape index (κ2) is 8.08. The highest BCUT2D eigenvalue weighted by Gasteiger charge is 2.10. The van der Waals surface area contributed by atoms with Crippen molar-refractivity contribution in [2.24, 2.45) is 5.92 Å². The molecular weight excluding hydrogens is 262 g/mol. The zero-order chi connectivity index (χ0) is 15.1. The molecule has 0 saturated carbocycles. The van der Waals surface area contributed by atoms with Crippen molar-refractivity contribution in [1.29, 1.82) is 0 Å². The van der Waals surface area contributed by atoms with E-state index in [1.54, 1.807) is 0 Å². The van der Waals surface area contributed by atoms with E-state index in [0.29, 0.717) is 5.92 Å². The molecule has 1 heterocycles. The van der Waals surface area contributed by atoms with Crippen molar-refractivity contribution in [1.82, 2.24) is 5.32 Å². The first-order chi connectivity index (χ1) is 10.2. The molecule has 0 aromatic heterocycles. The van der Waals surface area contributed by atoms with Crippen LogP contribution >= 0.6 is 0 Å². The van der Waals surface area contributed by atoms with Gasteiger partial charge in [-0.2, -0.15) is 0 Å². The van der Waals surface area contributed by atoms with Gasteiger partial charge in [0.15, 0.2) is 11.5 Å². The van der Waals surface area contributed by atoms with E-state index in [9.17, 15) is 0 Å². The quantitative estimate of drug-likeness (QED) is 0.862. The maximum Gasteiger partial charge on any atom is 0.161 e. The summed E-state index contributed by atoms with van der Waals surface area (Å²) in [6.07, 6.45) is 4.25. The molecular formula is C18H27NO2. The number of ether oxygens (including phenoxy) is 2. The topological polar surface area (TPSA) is 30.5 Å². The van der Waals surface area contributed by atoms with Gasteiger partial charge in [-0.25, -0.2) is 0 Å². The van der Waals surface area contributed by atoms with Crippen LogP contribution in [-0.4, -0.2) is 26.3 Å². The van der Waals surface area contributed by atoms with E-state index in [2.05, 4.69) is 44.3 Å². The highest BCUT2D eigenvalue weighted by Crippen LogP contribution is 2.31. The Morgan fingerprint density at radius 1 is 1.24 bits per heavy atom. The van der Waals surface area contributed by atoms with Crippen molar-refractivity contribution in [3.8, 4) is 11.5 Å². The van der Waals surface area contributed by atoms with Crippen LogP contribution in [0.2, 0.25) is 0 Å². The van der Waals surface area contributed by atoms with Gasteiger partial charge in [-0.15, -0.1) is 0 Å². The van der Waals surface area contributed by atoms with Crippen LogP contribution in [0, 0.1) is 5.92 Å². The van der Waals surface area contributed by atoms with Gasteiger partial charge >= 0.3 is 0 Å². The molecule has 0 atom stereocenters. The van der Waals surface area contributed by atoms with Crippen LogP contribution in [0.5, 0.6) is 11.5 Å². The lowest BCUT2D eigenvalue weighted by atomic mass is 10.1. The fourth-order valence-corrected chi connectivity index (χ4v) is 2.30. The molecule has 3 nitrogen and oxygen atoms in total. The molecule has 0 unspecified atom stereocenters. The van der Waals surface area contributed by atoms with Crippen molar-refractivity contribution >= 4 is 6.08 Å². The average Bonchev–Trinajstić information content (AvgIpc) is 2.70. The van der Waals surface area contributed by atoms with Gasteiger partial charge in [0.1, 0.15) is 0 Å². The molecule has 2 rings (SSSR count). The summed E-state index contributed by atoms with van der Waals surface area (Å²) < 4.78 is 11.4. The smallest absolute Gasteiger partial charge is 0.161 e. The molecule has 1 aliphatic heterocycles. The second-order valence-corrected chi connectivity index (χ2v) is 5.94. The minimum absolute atomic E-state index is 0.682. The van der Waals surface area contributed by atoms with Crippen LogP contribution in [0.25, 0.3) is 6.08 Å². The first kappa shape index (κ1) is 15.9. The Kier molecular flexibility index (Phi) is 6.12. The number of rotatable bonds is 6. The van der Waals surface area contributed by atoms with E-state index in [1.165, 1.54) is 11.1 Å². The van der Waals surface area contributed by atoms with E-state index in [0.717, 1.165) is 50.6 Å². The van der Waals surface area contributed by atoms with Crippen LogP contribution in [0.15, 0.2) is 23.8 Å². The summed E-state index contributed by atoms with van der Waals surface area (Å²) in [5.41, 5.74) is 2.59. The standard InChI is InChI=1S/C18H27NO2/c1-4-15(13-19-12-14(2)3)10-16-6-7-17-18(11-16)21-9-5-8-20-17/h6-7,10-11,14,19H,4-5,8-9,12-13H2,1-3H3. The van der Waals surface area contributed by atoms with Crippen LogP contribution < -0.4 is 14.8 Å². The third-order valence-electron chi connectivity index (χ3n) is 3.50. The molecule has 0 amide bonds. The van der Waals surface area contributed by atoms with Gasteiger partial charge in [0.05, 0.1) is 13.2 Å². The van der Waals surface area contributed by atoms with Gasteiger partial charge in [0, 0.05) is 13.0 Å². The summed E-state index contributed by atoms with van der Waals surface area (Å²) in [6, 6.07) is 6.20. The van der Waals surface area contributed by atoms with Crippen molar-refractivity contribution in [2.45, 2.75) is 33.6 Å². The molecule has 0 fully saturated rings. The summed E-state index contributed by atoms with van der Waals surface area (Å²) in [4.78, 5) is 0. The summed E-state index contributed by atoms with van der Waals surface area (Å²) in [7, 11) is 0. The van der Waals surface area contributed by atoms with Gasteiger partial charge in [-0.1, -0.05) is 38.5 Å². The molecule has 1 aromatic carbocycles. The van der Waals surface area contributed by atoms with Gasteiger partial charge in [0.25, 0.3) is 0 Å². The highest BCUT2D eigenvalue weighted by atomic mass is 16.5. The summed E-state index contributed by atoms with van der Waals surface area (Å²) in [5.74, 6) is 2.41. The van der Waals surface area contributed by atoms with Gasteiger partial charge in [-0.3, -0.25) is 0 Å². The fourth-order valence-electron chi connectivity index (χ4n) is 2.30. The van der Waals surface area contributed by atoms with Gasteiger partial charge < -0.3 is 14.8 Å². The monoisotopic (exact) mass is 289 g/mol. The predicted octanol–water partition coefficient (Wildman–Crippen LogP) is 3.89. The minimum Gasteiger partial charge on any atom is -0.490 e. The maximum absolute atomic E-state index is 5.75. The van der Waals surface area contributed by atoms with Crippen molar-refractivity contribution in [2.75, 3.05) is 26.3 Å². The van der Waals surface area contributed by atoms with Crippen molar-refractivity contribution < 1.29 is 9.47 Å². The summed E-state index contributed by atoms with van der Waals surface area (Å²) in [5, 5.41) is 3.50. The Labute approximate surface area is 128 Å². The molecule has 1 N–H and O–H groups in total. The number of hydrogen-bond acceptors (Lipinski definition) is 3. The Balaban J connectivity index is 2.05. The van der Waals surface area contributed by atoms with Gasteiger partial charge in [0.2, 0.25) is 0 Å². The molecule has 116 valence electrons. The third-order valence-corrected chi connectivity index (χ3v) is 3.50. The van der Waals surface area contributed by atoms with E-state index >= 15 is 0 Å². The van der Waals surface area contributed by atoms with Crippen molar-refractivity contribution in [3.63, 3.8) is 0 Å². The molecule has 3 heteroatoms.